The molecule has 1 fully saturated rings. The van der Waals surface area contributed by atoms with Crippen LogP contribution in [0.3, 0.4) is 0 Å². The first-order chi connectivity index (χ1) is 13.7. The highest BCUT2D eigenvalue weighted by molar-refractivity contribution is 5.76. The molecule has 3 heterocycles. The number of rotatable bonds is 5. The third-order valence-electron chi connectivity index (χ3n) is 5.51. The predicted octanol–water partition coefficient (Wildman–Crippen LogP) is 2.69. The zero-order valence-electron chi connectivity index (χ0n) is 15.7. The zero-order chi connectivity index (χ0) is 19.1. The third kappa shape index (κ3) is 2.61. The van der Waals surface area contributed by atoms with Gasteiger partial charge in [-0.25, -0.2) is 9.97 Å². The van der Waals surface area contributed by atoms with E-state index in [2.05, 4.69) is 25.4 Å². The van der Waals surface area contributed by atoms with Gasteiger partial charge in [-0.2, -0.15) is 4.98 Å². The Morgan fingerprint density at radius 3 is 2.79 bits per heavy atom. The molecule has 0 unspecified atom stereocenters. The van der Waals surface area contributed by atoms with E-state index >= 15 is 0 Å². The Balaban J connectivity index is 1.42. The van der Waals surface area contributed by atoms with E-state index in [1.165, 1.54) is 0 Å². The van der Waals surface area contributed by atoms with Crippen LogP contribution in [0.5, 0.6) is 0 Å². The maximum atomic E-state index is 5.55. The van der Waals surface area contributed by atoms with Crippen molar-refractivity contribution in [2.75, 3.05) is 14.2 Å². The van der Waals surface area contributed by atoms with Gasteiger partial charge in [0.05, 0.1) is 17.1 Å². The highest BCUT2D eigenvalue weighted by atomic mass is 16.5. The molecule has 3 aromatic heterocycles. The molecule has 0 bridgehead atoms. The van der Waals surface area contributed by atoms with Gasteiger partial charge >= 0.3 is 0 Å². The summed E-state index contributed by atoms with van der Waals surface area (Å²) >= 11 is 0. The van der Waals surface area contributed by atoms with Crippen molar-refractivity contribution in [1.29, 1.82) is 0 Å². The molecule has 0 radical (unpaired) electrons. The number of aromatic nitrogens is 5. The summed E-state index contributed by atoms with van der Waals surface area (Å²) < 4.78 is 12.9. The van der Waals surface area contributed by atoms with Crippen LogP contribution >= 0.6 is 0 Å². The van der Waals surface area contributed by atoms with Crippen LogP contribution in [0.2, 0.25) is 0 Å². The minimum atomic E-state index is -0.310. The minimum Gasteiger partial charge on any atom is -0.381 e. The minimum absolute atomic E-state index is 0.216. The Kier molecular flexibility index (Phi) is 3.96. The van der Waals surface area contributed by atoms with Crippen molar-refractivity contribution in [3.8, 4) is 17.2 Å². The molecule has 142 valence electrons. The van der Waals surface area contributed by atoms with Crippen LogP contribution in [-0.4, -0.2) is 44.9 Å². The molecule has 0 aliphatic heterocycles. The number of hydrogen-bond acceptors (Lipinski definition) is 7. The highest BCUT2D eigenvalue weighted by Crippen LogP contribution is 2.42. The fraction of sp³-hybridized carbons (Fsp3) is 0.300. The summed E-state index contributed by atoms with van der Waals surface area (Å²) in [5.74, 6) is 1.90. The van der Waals surface area contributed by atoms with Crippen molar-refractivity contribution in [2.24, 2.45) is 0 Å². The van der Waals surface area contributed by atoms with Crippen LogP contribution in [0.1, 0.15) is 18.7 Å². The standard InChI is InChI=1S/C20H20N6O2/c1-21-20(9-14(10-20)27-2)19-24-18(25-28-19)13-7-8-17(22-11-13)26-12-23-15-5-3-4-6-16(15)26/h3-8,11-12,14,21H,9-10H2,1-2H3. The van der Waals surface area contributed by atoms with Crippen molar-refractivity contribution < 1.29 is 9.26 Å². The van der Waals surface area contributed by atoms with Gasteiger partial charge < -0.3 is 14.6 Å². The largest absolute Gasteiger partial charge is 0.381 e. The number of imidazole rings is 1. The zero-order valence-corrected chi connectivity index (χ0v) is 15.7. The third-order valence-corrected chi connectivity index (χ3v) is 5.51. The van der Waals surface area contributed by atoms with Crippen molar-refractivity contribution in [2.45, 2.75) is 24.5 Å². The molecule has 0 saturated heterocycles. The van der Waals surface area contributed by atoms with Crippen molar-refractivity contribution in [3.05, 3.63) is 54.8 Å². The summed E-state index contributed by atoms with van der Waals surface area (Å²) in [6.45, 7) is 0. The number of fused-ring (bicyclic) bond motifs is 1. The van der Waals surface area contributed by atoms with E-state index in [1.54, 1.807) is 19.6 Å². The predicted molar refractivity (Wildman–Crippen MR) is 103 cm³/mol. The van der Waals surface area contributed by atoms with E-state index in [0.717, 1.165) is 35.3 Å². The van der Waals surface area contributed by atoms with Crippen LogP contribution in [0.15, 0.2) is 53.4 Å². The number of methoxy groups -OCH3 is 1. The summed E-state index contributed by atoms with van der Waals surface area (Å²) in [4.78, 5) is 13.6. The van der Waals surface area contributed by atoms with E-state index < -0.39 is 0 Å². The van der Waals surface area contributed by atoms with Gasteiger partial charge in [-0.15, -0.1) is 0 Å². The lowest BCUT2D eigenvalue weighted by molar-refractivity contribution is -0.0428. The molecular weight excluding hydrogens is 356 g/mol. The van der Waals surface area contributed by atoms with E-state index in [1.807, 2.05) is 48.0 Å². The lowest BCUT2D eigenvalue weighted by Gasteiger charge is -2.43. The first kappa shape index (κ1) is 17.0. The summed E-state index contributed by atoms with van der Waals surface area (Å²) in [6.07, 6.45) is 5.37. The molecule has 8 heteroatoms. The highest BCUT2D eigenvalue weighted by Gasteiger charge is 2.49. The molecule has 1 aliphatic carbocycles. The molecule has 1 aliphatic rings. The Bertz CT molecular complexity index is 1110. The average molecular weight is 376 g/mol. The van der Waals surface area contributed by atoms with Crippen LogP contribution < -0.4 is 5.32 Å². The molecule has 1 N–H and O–H groups in total. The Hall–Kier alpha value is -3.10. The monoisotopic (exact) mass is 376 g/mol. The van der Waals surface area contributed by atoms with Gasteiger partial charge in [0, 0.05) is 31.7 Å². The maximum absolute atomic E-state index is 5.55. The number of benzene rings is 1. The normalized spacial score (nSPS) is 21.7. The molecule has 5 rings (SSSR count). The smallest absolute Gasteiger partial charge is 0.247 e. The van der Waals surface area contributed by atoms with Gasteiger partial charge in [0.1, 0.15) is 17.7 Å². The molecule has 8 nitrogen and oxygen atoms in total. The first-order valence-electron chi connectivity index (χ1n) is 9.17. The second kappa shape index (κ2) is 6.50. The van der Waals surface area contributed by atoms with Gasteiger partial charge in [-0.1, -0.05) is 17.3 Å². The molecule has 4 aromatic rings. The van der Waals surface area contributed by atoms with Gasteiger partial charge in [-0.05, 0) is 31.3 Å². The van der Waals surface area contributed by atoms with E-state index in [0.29, 0.717) is 11.7 Å². The molecule has 0 atom stereocenters. The van der Waals surface area contributed by atoms with Crippen LogP contribution in [0.4, 0.5) is 0 Å². The quantitative estimate of drug-likeness (QED) is 0.573. The summed E-state index contributed by atoms with van der Waals surface area (Å²) in [5.41, 5.74) is 2.44. The second-order valence-electron chi connectivity index (χ2n) is 7.03. The van der Waals surface area contributed by atoms with Gasteiger partial charge in [0.2, 0.25) is 11.7 Å². The molecule has 28 heavy (non-hydrogen) atoms. The van der Waals surface area contributed by atoms with Crippen LogP contribution in [0.25, 0.3) is 28.2 Å². The van der Waals surface area contributed by atoms with Crippen LogP contribution in [-0.2, 0) is 10.3 Å². The van der Waals surface area contributed by atoms with E-state index in [4.69, 9.17) is 9.26 Å². The summed E-state index contributed by atoms with van der Waals surface area (Å²) in [7, 11) is 3.63. The number of para-hydroxylation sites is 2. The summed E-state index contributed by atoms with van der Waals surface area (Å²) in [6, 6.07) is 11.8. The fourth-order valence-corrected chi connectivity index (χ4v) is 3.71. The Morgan fingerprint density at radius 1 is 1.18 bits per heavy atom. The fourth-order valence-electron chi connectivity index (χ4n) is 3.71. The Labute approximate surface area is 161 Å². The average Bonchev–Trinajstić information content (AvgIpc) is 3.36. The Morgan fingerprint density at radius 2 is 2.04 bits per heavy atom. The van der Waals surface area contributed by atoms with E-state index in [9.17, 15) is 0 Å². The lowest BCUT2D eigenvalue weighted by atomic mass is 9.74. The van der Waals surface area contributed by atoms with E-state index in [-0.39, 0.29) is 11.6 Å². The first-order valence-corrected chi connectivity index (χ1v) is 9.17. The molecule has 1 aromatic carbocycles. The van der Waals surface area contributed by atoms with Crippen molar-refractivity contribution in [3.63, 3.8) is 0 Å². The van der Waals surface area contributed by atoms with Gasteiger partial charge in [-0.3, -0.25) is 4.57 Å². The number of nitrogens with zero attached hydrogens (tertiary/aromatic N) is 5. The van der Waals surface area contributed by atoms with Crippen LogP contribution in [0, 0.1) is 0 Å². The number of hydrogen-bond donors (Lipinski definition) is 1. The lowest BCUT2D eigenvalue weighted by Crippen LogP contribution is -2.54. The second-order valence-corrected chi connectivity index (χ2v) is 7.03. The molecular formula is C20H20N6O2. The maximum Gasteiger partial charge on any atom is 0.247 e. The van der Waals surface area contributed by atoms with Crippen molar-refractivity contribution in [1.82, 2.24) is 30.0 Å². The number of pyridine rings is 1. The van der Waals surface area contributed by atoms with Gasteiger partial charge in [0.25, 0.3) is 0 Å². The molecule has 0 spiro atoms. The summed E-state index contributed by atoms with van der Waals surface area (Å²) in [5, 5.41) is 7.45. The SMILES string of the molecule is CNC1(c2nc(-c3ccc(-n4cnc5ccccc54)nc3)no2)CC(OC)C1. The number of ether oxygens (including phenoxy) is 1. The number of nitrogens with one attached hydrogen (secondary N) is 1. The molecule has 0 amide bonds. The topological polar surface area (TPSA) is 90.9 Å². The molecule has 1 saturated carbocycles. The van der Waals surface area contributed by atoms with Crippen molar-refractivity contribution >= 4 is 11.0 Å². The van der Waals surface area contributed by atoms with Gasteiger partial charge in [0.15, 0.2) is 0 Å².